The van der Waals surface area contributed by atoms with Crippen LogP contribution in [0.2, 0.25) is 0 Å². The number of benzene rings is 1. The van der Waals surface area contributed by atoms with Crippen molar-refractivity contribution in [1.82, 2.24) is 19.7 Å². The molecular weight excluding hydrogens is 372 g/mol. The first-order valence-electron chi connectivity index (χ1n) is 9.78. The Morgan fingerprint density at radius 1 is 1.21 bits per heavy atom. The smallest absolute Gasteiger partial charge is 0.198 e. The van der Waals surface area contributed by atoms with Crippen LogP contribution in [-0.4, -0.2) is 32.3 Å². The number of aryl methyl sites for hydroxylation is 1. The van der Waals surface area contributed by atoms with Gasteiger partial charge in [-0.05, 0) is 42.8 Å². The molecule has 0 N–H and O–H groups in total. The van der Waals surface area contributed by atoms with Gasteiger partial charge in [0, 0.05) is 25.7 Å². The third-order valence-electron chi connectivity index (χ3n) is 4.88. The second-order valence-corrected chi connectivity index (χ2v) is 8.18. The molecule has 148 valence electrons. The van der Waals surface area contributed by atoms with Crippen molar-refractivity contribution in [1.29, 1.82) is 0 Å². The number of hydrogen-bond acceptors (Lipinski definition) is 6. The lowest BCUT2D eigenvalue weighted by Crippen LogP contribution is -2.32. The first-order valence-corrected chi connectivity index (χ1v) is 10.6. The van der Waals surface area contributed by atoms with E-state index in [1.54, 1.807) is 6.33 Å². The molecule has 0 spiro atoms. The molecule has 1 unspecified atom stereocenters. The summed E-state index contributed by atoms with van der Waals surface area (Å²) in [5.74, 6) is 1.97. The first-order chi connectivity index (χ1) is 13.7. The maximum Gasteiger partial charge on any atom is 0.198 e. The van der Waals surface area contributed by atoms with E-state index >= 15 is 0 Å². The number of rotatable bonds is 7. The largest absolute Gasteiger partial charge is 0.489 e. The minimum Gasteiger partial charge on any atom is -0.489 e. The van der Waals surface area contributed by atoms with Crippen LogP contribution < -0.4 is 4.74 Å². The van der Waals surface area contributed by atoms with Crippen LogP contribution in [0.5, 0.6) is 5.75 Å². The minimum atomic E-state index is 0.214. The van der Waals surface area contributed by atoms with Crippen LogP contribution >= 0.6 is 11.8 Å². The molecule has 6 nitrogen and oxygen atoms in total. The van der Waals surface area contributed by atoms with Gasteiger partial charge in [0.2, 0.25) is 0 Å². The molecule has 0 aliphatic carbocycles. The van der Waals surface area contributed by atoms with Crippen molar-refractivity contribution in [3.63, 3.8) is 0 Å². The second kappa shape index (κ2) is 8.84. The quantitative estimate of drug-likeness (QED) is 0.583. The molecule has 4 rings (SSSR count). The van der Waals surface area contributed by atoms with Crippen LogP contribution in [0.3, 0.4) is 0 Å². The molecule has 2 aromatic heterocycles. The average Bonchev–Trinajstić information content (AvgIpc) is 3.25. The summed E-state index contributed by atoms with van der Waals surface area (Å²) in [5, 5.41) is 9.66. The molecule has 0 amide bonds. The SMILES string of the molecule is CCCCC1CN(Cc2ccc(Sc3nncn3C)o2)Cc2ccccc2O1. The number of furan rings is 1. The van der Waals surface area contributed by atoms with Gasteiger partial charge in [-0.2, -0.15) is 0 Å². The Balaban J connectivity index is 1.46. The topological polar surface area (TPSA) is 56.3 Å². The third kappa shape index (κ3) is 4.59. The summed E-state index contributed by atoms with van der Waals surface area (Å²) in [6.07, 6.45) is 5.35. The highest BCUT2D eigenvalue weighted by Crippen LogP contribution is 2.30. The van der Waals surface area contributed by atoms with E-state index in [0.29, 0.717) is 0 Å². The van der Waals surface area contributed by atoms with Gasteiger partial charge in [0.25, 0.3) is 0 Å². The molecule has 3 aromatic rings. The van der Waals surface area contributed by atoms with Crippen LogP contribution in [0.15, 0.2) is 57.4 Å². The third-order valence-corrected chi connectivity index (χ3v) is 5.85. The number of nitrogens with zero attached hydrogens (tertiary/aromatic N) is 4. The van der Waals surface area contributed by atoms with E-state index in [9.17, 15) is 0 Å². The Morgan fingerprint density at radius 3 is 2.93 bits per heavy atom. The van der Waals surface area contributed by atoms with Crippen molar-refractivity contribution in [2.45, 2.75) is 55.6 Å². The first kappa shape index (κ1) is 19.1. The predicted molar refractivity (Wildman–Crippen MR) is 108 cm³/mol. The van der Waals surface area contributed by atoms with E-state index in [0.717, 1.165) is 47.8 Å². The zero-order chi connectivity index (χ0) is 19.3. The number of para-hydroxylation sites is 1. The lowest BCUT2D eigenvalue weighted by molar-refractivity contribution is 0.127. The van der Waals surface area contributed by atoms with E-state index in [4.69, 9.17) is 9.15 Å². The fourth-order valence-corrected chi connectivity index (χ4v) is 4.18. The standard InChI is InChI=1S/C21H26N4O2S/c1-3-4-8-17-13-25(12-16-7-5-6-9-19(16)26-17)14-18-10-11-20(27-18)28-21-23-22-15-24(21)2/h5-7,9-11,15,17H,3-4,8,12-14H2,1-2H3. The van der Waals surface area contributed by atoms with E-state index in [1.165, 1.54) is 30.2 Å². The normalized spacial score (nSPS) is 17.1. The molecule has 7 heteroatoms. The monoisotopic (exact) mass is 398 g/mol. The highest BCUT2D eigenvalue weighted by atomic mass is 32.2. The summed E-state index contributed by atoms with van der Waals surface area (Å²) >= 11 is 1.49. The molecule has 0 fully saturated rings. The molecule has 28 heavy (non-hydrogen) atoms. The molecule has 1 aromatic carbocycles. The summed E-state index contributed by atoms with van der Waals surface area (Å²) in [7, 11) is 1.93. The highest BCUT2D eigenvalue weighted by Gasteiger charge is 2.23. The van der Waals surface area contributed by atoms with Gasteiger partial charge in [0.05, 0.1) is 6.54 Å². The summed E-state index contributed by atoms with van der Waals surface area (Å²) in [5.41, 5.74) is 1.24. The van der Waals surface area contributed by atoms with Gasteiger partial charge in [0.15, 0.2) is 10.2 Å². The summed E-state index contributed by atoms with van der Waals surface area (Å²) in [6.45, 7) is 4.76. The molecular formula is C21H26N4O2S. The van der Waals surface area contributed by atoms with Crippen molar-refractivity contribution in [2.75, 3.05) is 6.54 Å². The fourth-order valence-electron chi connectivity index (χ4n) is 3.44. The number of unbranched alkanes of at least 4 members (excludes halogenated alkanes) is 1. The summed E-state index contributed by atoms with van der Waals surface area (Å²) < 4.78 is 14.3. The number of ether oxygens (including phenoxy) is 1. The van der Waals surface area contributed by atoms with Gasteiger partial charge in [0.1, 0.15) is 23.9 Å². The lowest BCUT2D eigenvalue weighted by Gasteiger charge is -2.23. The molecule has 0 bridgehead atoms. The molecule has 1 aliphatic heterocycles. The lowest BCUT2D eigenvalue weighted by atomic mass is 10.1. The summed E-state index contributed by atoms with van der Waals surface area (Å²) in [6, 6.07) is 12.4. The Labute approximate surface area is 169 Å². The maximum absolute atomic E-state index is 6.32. The van der Waals surface area contributed by atoms with E-state index in [2.05, 4.69) is 46.3 Å². The molecule has 0 saturated heterocycles. The Kier molecular flexibility index (Phi) is 6.02. The molecule has 0 radical (unpaired) electrons. The second-order valence-electron chi connectivity index (χ2n) is 7.21. The van der Waals surface area contributed by atoms with Crippen LogP contribution in [0.4, 0.5) is 0 Å². The molecule has 3 heterocycles. The van der Waals surface area contributed by atoms with E-state index in [1.807, 2.05) is 23.7 Å². The van der Waals surface area contributed by atoms with Gasteiger partial charge in [-0.15, -0.1) is 10.2 Å². The van der Waals surface area contributed by atoms with E-state index in [-0.39, 0.29) is 6.10 Å². The highest BCUT2D eigenvalue weighted by molar-refractivity contribution is 7.99. The van der Waals surface area contributed by atoms with Crippen LogP contribution in [0, 0.1) is 0 Å². The van der Waals surface area contributed by atoms with Gasteiger partial charge in [-0.25, -0.2) is 0 Å². The maximum atomic E-state index is 6.32. The molecule has 1 aliphatic rings. The molecule has 1 atom stereocenters. The summed E-state index contributed by atoms with van der Waals surface area (Å²) in [4.78, 5) is 2.42. The van der Waals surface area contributed by atoms with Crippen LogP contribution in [0.1, 0.15) is 37.5 Å². The van der Waals surface area contributed by atoms with Gasteiger partial charge in [-0.1, -0.05) is 31.5 Å². The minimum absolute atomic E-state index is 0.214. The van der Waals surface area contributed by atoms with Gasteiger partial charge in [-0.3, -0.25) is 4.90 Å². The Hall–Kier alpha value is -2.25. The van der Waals surface area contributed by atoms with Gasteiger partial charge < -0.3 is 13.7 Å². The number of fused-ring (bicyclic) bond motifs is 1. The van der Waals surface area contributed by atoms with E-state index < -0.39 is 0 Å². The van der Waals surface area contributed by atoms with Crippen molar-refractivity contribution >= 4 is 11.8 Å². The van der Waals surface area contributed by atoms with Crippen molar-refractivity contribution in [2.24, 2.45) is 7.05 Å². The average molecular weight is 399 g/mol. The van der Waals surface area contributed by atoms with Crippen LogP contribution in [-0.2, 0) is 20.1 Å². The zero-order valence-electron chi connectivity index (χ0n) is 16.4. The van der Waals surface area contributed by atoms with Crippen LogP contribution in [0.25, 0.3) is 0 Å². The zero-order valence-corrected chi connectivity index (χ0v) is 17.2. The Morgan fingerprint density at radius 2 is 2.11 bits per heavy atom. The number of hydrogen-bond donors (Lipinski definition) is 0. The molecule has 0 saturated carbocycles. The van der Waals surface area contributed by atoms with Crippen molar-refractivity contribution in [3.8, 4) is 5.75 Å². The number of aromatic nitrogens is 3. The van der Waals surface area contributed by atoms with Gasteiger partial charge >= 0.3 is 0 Å². The van der Waals surface area contributed by atoms with Crippen molar-refractivity contribution < 1.29 is 9.15 Å². The predicted octanol–water partition coefficient (Wildman–Crippen LogP) is 4.51. The fraction of sp³-hybridized carbons (Fsp3) is 0.429. The Bertz CT molecular complexity index is 907. The van der Waals surface area contributed by atoms with Crippen molar-refractivity contribution in [3.05, 3.63) is 54.0 Å².